The van der Waals surface area contributed by atoms with Gasteiger partial charge in [0.05, 0.1) is 4.47 Å². The van der Waals surface area contributed by atoms with Crippen LogP contribution in [-0.4, -0.2) is 47.5 Å². The minimum Gasteiger partial charge on any atom is -0.506 e. The number of carbonyl (C=O) groups excluding carboxylic acids is 3. The van der Waals surface area contributed by atoms with E-state index in [9.17, 15) is 19.5 Å². The molecule has 3 rings (SSSR count). The summed E-state index contributed by atoms with van der Waals surface area (Å²) < 4.78 is 5.48. The summed E-state index contributed by atoms with van der Waals surface area (Å²) in [6.07, 6.45) is 1.09. The minimum absolute atomic E-state index is 0.00552. The van der Waals surface area contributed by atoms with Gasteiger partial charge in [0.2, 0.25) is 5.91 Å². The van der Waals surface area contributed by atoms with Crippen LogP contribution in [0.15, 0.2) is 46.9 Å². The van der Waals surface area contributed by atoms with E-state index in [1.165, 1.54) is 6.07 Å². The molecule has 2 aromatic carbocycles. The van der Waals surface area contributed by atoms with Gasteiger partial charge in [0.1, 0.15) is 11.3 Å². The predicted molar refractivity (Wildman–Crippen MR) is 115 cm³/mol. The van der Waals surface area contributed by atoms with Crippen LogP contribution < -0.4 is 5.32 Å². The fraction of sp³-hybridized carbons (Fsp3) is 0.318. The van der Waals surface area contributed by atoms with E-state index in [0.717, 1.165) is 11.3 Å². The van der Waals surface area contributed by atoms with E-state index in [1.807, 2.05) is 30.3 Å². The molecular formula is C22H23BrN2O5. The Morgan fingerprint density at radius 1 is 1.17 bits per heavy atom. The van der Waals surface area contributed by atoms with Crippen LogP contribution in [0.2, 0.25) is 0 Å². The van der Waals surface area contributed by atoms with Gasteiger partial charge in [-0.05, 0) is 65.5 Å². The molecule has 1 aliphatic rings. The van der Waals surface area contributed by atoms with Gasteiger partial charge in [0.15, 0.2) is 6.61 Å². The Kier molecular flexibility index (Phi) is 7.10. The molecule has 2 aromatic rings. The zero-order valence-corrected chi connectivity index (χ0v) is 18.1. The van der Waals surface area contributed by atoms with Crippen LogP contribution in [0.1, 0.15) is 28.8 Å². The Labute approximate surface area is 183 Å². The number of carbonyl (C=O) groups is 3. The molecular weight excluding hydrogens is 452 g/mol. The van der Waals surface area contributed by atoms with E-state index < -0.39 is 12.6 Å². The number of amides is 2. The molecule has 0 spiro atoms. The van der Waals surface area contributed by atoms with Crippen molar-refractivity contribution < 1.29 is 24.2 Å². The molecule has 0 bridgehead atoms. The Morgan fingerprint density at radius 2 is 1.83 bits per heavy atom. The number of hydrogen-bond acceptors (Lipinski definition) is 5. The number of aryl methyl sites for hydroxylation is 1. The van der Waals surface area contributed by atoms with Gasteiger partial charge in [0.25, 0.3) is 5.91 Å². The highest BCUT2D eigenvalue weighted by Gasteiger charge is 2.28. The lowest BCUT2D eigenvalue weighted by molar-refractivity contribution is -0.137. The second-order valence-electron chi connectivity index (χ2n) is 7.23. The second-order valence-corrected chi connectivity index (χ2v) is 8.08. The molecule has 0 radical (unpaired) electrons. The summed E-state index contributed by atoms with van der Waals surface area (Å²) in [6, 6.07) is 12.4. The van der Waals surface area contributed by atoms with Crippen molar-refractivity contribution in [2.75, 3.05) is 25.0 Å². The normalized spacial score (nSPS) is 14.3. The molecule has 1 heterocycles. The highest BCUT2D eigenvalue weighted by Crippen LogP contribution is 2.30. The monoisotopic (exact) mass is 474 g/mol. The number of nitrogens with one attached hydrogen (secondary N) is 1. The molecule has 2 N–H and O–H groups in total. The van der Waals surface area contributed by atoms with Crippen molar-refractivity contribution in [2.24, 2.45) is 5.92 Å². The van der Waals surface area contributed by atoms with E-state index in [-0.39, 0.29) is 29.0 Å². The van der Waals surface area contributed by atoms with Gasteiger partial charge in [-0.15, -0.1) is 0 Å². The van der Waals surface area contributed by atoms with E-state index >= 15 is 0 Å². The highest BCUT2D eigenvalue weighted by atomic mass is 79.9. The maximum atomic E-state index is 12.4. The van der Waals surface area contributed by atoms with Crippen LogP contribution in [-0.2, 0) is 14.3 Å². The highest BCUT2D eigenvalue weighted by molar-refractivity contribution is 9.10. The van der Waals surface area contributed by atoms with Crippen molar-refractivity contribution in [1.82, 2.24) is 4.90 Å². The molecule has 0 aromatic heterocycles. The number of benzene rings is 2. The van der Waals surface area contributed by atoms with E-state index in [1.54, 1.807) is 17.9 Å². The van der Waals surface area contributed by atoms with E-state index in [2.05, 4.69) is 21.2 Å². The van der Waals surface area contributed by atoms with Crippen molar-refractivity contribution in [3.63, 3.8) is 0 Å². The first kappa shape index (κ1) is 21.8. The first-order valence-corrected chi connectivity index (χ1v) is 10.4. The Balaban J connectivity index is 1.47. The first-order chi connectivity index (χ1) is 14.3. The number of phenols is 1. The molecule has 1 aliphatic heterocycles. The molecule has 0 unspecified atom stereocenters. The van der Waals surface area contributed by atoms with Crippen LogP contribution in [0.5, 0.6) is 5.75 Å². The van der Waals surface area contributed by atoms with E-state index in [4.69, 9.17) is 4.74 Å². The van der Waals surface area contributed by atoms with Gasteiger partial charge < -0.3 is 20.1 Å². The number of ether oxygens (including phenoxy) is 1. The number of halogens is 1. The molecule has 7 nitrogen and oxygen atoms in total. The number of aromatic hydroxyl groups is 1. The number of nitrogens with zero attached hydrogens (tertiary/aromatic N) is 1. The summed E-state index contributed by atoms with van der Waals surface area (Å²) in [5.41, 5.74) is 1.53. The molecule has 30 heavy (non-hydrogen) atoms. The van der Waals surface area contributed by atoms with Crippen molar-refractivity contribution in [3.8, 4) is 5.75 Å². The number of hydrogen-bond donors (Lipinski definition) is 2. The SMILES string of the molecule is Cc1cc(Br)c(O)c(C(=O)OCC(=O)N2CCC(C(=O)Nc3ccccc3)CC2)c1. The van der Waals surface area contributed by atoms with Crippen LogP contribution >= 0.6 is 15.9 Å². The number of rotatable bonds is 5. The second kappa shape index (κ2) is 9.75. The maximum absolute atomic E-state index is 12.4. The fourth-order valence-electron chi connectivity index (χ4n) is 3.34. The topological polar surface area (TPSA) is 95.9 Å². The summed E-state index contributed by atoms with van der Waals surface area (Å²) in [5.74, 6) is -1.53. The van der Waals surface area contributed by atoms with Gasteiger partial charge in [-0.25, -0.2) is 4.79 Å². The van der Waals surface area contributed by atoms with Gasteiger partial charge in [-0.2, -0.15) is 0 Å². The van der Waals surface area contributed by atoms with Crippen molar-refractivity contribution in [1.29, 1.82) is 0 Å². The zero-order chi connectivity index (χ0) is 21.7. The van der Waals surface area contributed by atoms with Crippen molar-refractivity contribution in [2.45, 2.75) is 19.8 Å². The Hall–Kier alpha value is -2.87. The lowest BCUT2D eigenvalue weighted by Crippen LogP contribution is -2.43. The molecule has 0 atom stereocenters. The smallest absolute Gasteiger partial charge is 0.342 e. The number of esters is 1. The average molecular weight is 475 g/mol. The number of likely N-dealkylation sites (tertiary alicyclic amines) is 1. The third-order valence-electron chi connectivity index (χ3n) is 5.01. The van der Waals surface area contributed by atoms with Gasteiger partial charge in [0, 0.05) is 24.7 Å². The molecule has 0 aliphatic carbocycles. The summed E-state index contributed by atoms with van der Waals surface area (Å²) in [4.78, 5) is 38.6. The molecule has 1 saturated heterocycles. The summed E-state index contributed by atoms with van der Waals surface area (Å²) in [6.45, 7) is 2.21. The average Bonchev–Trinajstić information content (AvgIpc) is 2.75. The molecule has 158 valence electrons. The first-order valence-electron chi connectivity index (χ1n) is 9.65. The molecule has 0 saturated carbocycles. The quantitative estimate of drug-likeness (QED) is 0.646. The Morgan fingerprint density at radius 3 is 2.50 bits per heavy atom. The fourth-order valence-corrected chi connectivity index (χ4v) is 3.92. The summed E-state index contributed by atoms with van der Waals surface area (Å²) >= 11 is 3.18. The van der Waals surface area contributed by atoms with Crippen molar-refractivity contribution in [3.05, 3.63) is 58.1 Å². The zero-order valence-electron chi connectivity index (χ0n) is 16.6. The van der Waals surface area contributed by atoms with Crippen molar-refractivity contribution >= 4 is 39.4 Å². The molecule has 1 fully saturated rings. The largest absolute Gasteiger partial charge is 0.506 e. The summed E-state index contributed by atoms with van der Waals surface area (Å²) in [5, 5.41) is 12.9. The summed E-state index contributed by atoms with van der Waals surface area (Å²) in [7, 11) is 0. The molecule has 2 amide bonds. The number of phenolic OH excluding ortho intramolecular Hbond substituents is 1. The maximum Gasteiger partial charge on any atom is 0.342 e. The van der Waals surface area contributed by atoms with E-state index in [0.29, 0.717) is 30.4 Å². The van der Waals surface area contributed by atoms with Crippen LogP contribution in [0.4, 0.5) is 5.69 Å². The van der Waals surface area contributed by atoms with Crippen LogP contribution in [0.25, 0.3) is 0 Å². The lowest BCUT2D eigenvalue weighted by atomic mass is 9.95. The number of para-hydroxylation sites is 1. The number of anilines is 1. The van der Waals surface area contributed by atoms with Crippen LogP contribution in [0, 0.1) is 12.8 Å². The minimum atomic E-state index is -0.762. The lowest BCUT2D eigenvalue weighted by Gasteiger charge is -2.31. The number of piperidine rings is 1. The van der Waals surface area contributed by atoms with Gasteiger partial charge in [-0.3, -0.25) is 9.59 Å². The standard InChI is InChI=1S/C22H23BrN2O5/c1-14-11-17(20(27)18(23)12-14)22(29)30-13-19(26)25-9-7-15(8-10-25)21(28)24-16-5-3-2-4-6-16/h2-6,11-12,15,27H,7-10,13H2,1H3,(H,24,28). The Bertz CT molecular complexity index is 940. The van der Waals surface area contributed by atoms with Crippen LogP contribution in [0.3, 0.4) is 0 Å². The third-order valence-corrected chi connectivity index (χ3v) is 5.62. The van der Waals surface area contributed by atoms with Gasteiger partial charge in [-0.1, -0.05) is 18.2 Å². The predicted octanol–water partition coefficient (Wildman–Crippen LogP) is 3.50. The third kappa shape index (κ3) is 5.38. The van der Waals surface area contributed by atoms with Gasteiger partial charge >= 0.3 is 5.97 Å². The molecule has 8 heteroatoms.